The van der Waals surface area contributed by atoms with Gasteiger partial charge in [0.2, 0.25) is 5.82 Å². The van der Waals surface area contributed by atoms with E-state index in [9.17, 15) is 14.4 Å². The van der Waals surface area contributed by atoms with Gasteiger partial charge in [-0.15, -0.1) is 0 Å². The number of anilines is 2. The molecule has 150 valence electrons. The number of benzene rings is 2. The molecule has 0 fully saturated rings. The number of hydrogen-bond acceptors (Lipinski definition) is 6. The number of rotatable bonds is 5. The summed E-state index contributed by atoms with van der Waals surface area (Å²) in [5, 5.41) is 21.8. The van der Waals surface area contributed by atoms with Crippen LogP contribution in [0.3, 0.4) is 0 Å². The van der Waals surface area contributed by atoms with E-state index in [0.717, 1.165) is 12.0 Å². The Morgan fingerprint density at radius 1 is 1.24 bits per heavy atom. The zero-order valence-electron chi connectivity index (χ0n) is 15.1. The minimum absolute atomic E-state index is 0.0505. The molecule has 9 nitrogen and oxygen atoms in total. The van der Waals surface area contributed by atoms with Crippen LogP contribution < -0.4 is 16.1 Å². The number of amides is 2. The average molecular weight is 463 g/mol. The molecule has 1 aromatic heterocycles. The fourth-order valence-electron chi connectivity index (χ4n) is 2.38. The first-order valence-electron chi connectivity index (χ1n) is 8.44. The van der Waals surface area contributed by atoms with E-state index in [1.54, 1.807) is 6.07 Å². The largest absolute Gasteiger partial charge is 0.325 e. The van der Waals surface area contributed by atoms with E-state index in [1.807, 2.05) is 30.6 Å². The van der Waals surface area contributed by atoms with Crippen LogP contribution in [-0.4, -0.2) is 27.4 Å². The zero-order chi connectivity index (χ0) is 20.8. The standard InChI is InChI=1S/C18H16BrFN6O3/c1-2-10-4-3-5-11(8-10)22-18(27)23-17-15(25-29-26-17)16(24-28)21-12-6-7-14(20)13(19)9-12/h3-9,28H,2H2,1H3,(H,21,24)(H2,22,23,26,27). The second-order valence-corrected chi connectivity index (χ2v) is 6.62. The van der Waals surface area contributed by atoms with E-state index in [1.165, 1.54) is 18.2 Å². The van der Waals surface area contributed by atoms with Gasteiger partial charge < -0.3 is 5.32 Å². The van der Waals surface area contributed by atoms with Gasteiger partial charge in [-0.25, -0.2) is 18.8 Å². The van der Waals surface area contributed by atoms with Gasteiger partial charge in [0.25, 0.3) is 0 Å². The van der Waals surface area contributed by atoms with Crippen LogP contribution in [0.4, 0.5) is 26.4 Å². The molecule has 2 aromatic carbocycles. The van der Waals surface area contributed by atoms with Crippen molar-refractivity contribution in [1.29, 1.82) is 0 Å². The van der Waals surface area contributed by atoms with E-state index in [2.05, 4.69) is 46.5 Å². The molecule has 0 saturated carbocycles. The first-order chi connectivity index (χ1) is 14.0. The normalized spacial score (nSPS) is 11.2. The molecule has 4 N–H and O–H groups in total. The number of nitrogens with one attached hydrogen (secondary N) is 3. The number of amidine groups is 1. The lowest BCUT2D eigenvalue weighted by Crippen LogP contribution is -2.25. The van der Waals surface area contributed by atoms with Crippen molar-refractivity contribution in [2.24, 2.45) is 4.99 Å². The summed E-state index contributed by atoms with van der Waals surface area (Å²) in [6, 6.07) is 10.8. The Balaban J connectivity index is 1.78. The predicted molar refractivity (Wildman–Crippen MR) is 108 cm³/mol. The van der Waals surface area contributed by atoms with Gasteiger partial charge in [-0.05, 0) is 68.6 Å². The van der Waals surface area contributed by atoms with E-state index >= 15 is 0 Å². The summed E-state index contributed by atoms with van der Waals surface area (Å²) in [4.78, 5) is 16.4. The fraction of sp³-hybridized carbons (Fsp3) is 0.111. The summed E-state index contributed by atoms with van der Waals surface area (Å²) in [7, 11) is 0. The van der Waals surface area contributed by atoms with E-state index in [4.69, 9.17) is 0 Å². The lowest BCUT2D eigenvalue weighted by molar-refractivity contribution is 0.234. The molecule has 0 atom stereocenters. The molecule has 0 bridgehead atoms. The maximum absolute atomic E-state index is 13.4. The van der Waals surface area contributed by atoms with Crippen molar-refractivity contribution in [1.82, 2.24) is 15.8 Å². The lowest BCUT2D eigenvalue weighted by atomic mass is 10.1. The number of aliphatic imine (C=N–C) groups is 1. The zero-order valence-corrected chi connectivity index (χ0v) is 16.7. The van der Waals surface area contributed by atoms with E-state index in [-0.39, 0.29) is 21.8 Å². The molecular weight excluding hydrogens is 447 g/mol. The third-order valence-electron chi connectivity index (χ3n) is 3.79. The summed E-state index contributed by atoms with van der Waals surface area (Å²) >= 11 is 3.06. The van der Waals surface area contributed by atoms with E-state index < -0.39 is 11.8 Å². The monoisotopic (exact) mass is 462 g/mol. The third-order valence-corrected chi connectivity index (χ3v) is 4.40. The molecule has 0 aliphatic carbocycles. The minimum Gasteiger partial charge on any atom is -0.308 e. The molecule has 1 heterocycles. The highest BCUT2D eigenvalue weighted by Crippen LogP contribution is 2.23. The molecule has 0 spiro atoms. The van der Waals surface area contributed by atoms with Crippen molar-refractivity contribution >= 4 is 45.0 Å². The number of hydrogen-bond donors (Lipinski definition) is 4. The summed E-state index contributed by atoms with van der Waals surface area (Å²) < 4.78 is 18.2. The molecule has 2 amide bonds. The SMILES string of the molecule is CCc1cccc(NC(=O)Nc2nonc2C(=Nc2ccc(F)c(Br)c2)NO)c1. The molecule has 0 saturated heterocycles. The highest BCUT2D eigenvalue weighted by Gasteiger charge is 2.19. The van der Waals surface area contributed by atoms with Gasteiger partial charge in [-0.2, -0.15) is 0 Å². The number of nitrogens with zero attached hydrogens (tertiary/aromatic N) is 3. The van der Waals surface area contributed by atoms with Crippen LogP contribution in [0, 0.1) is 5.82 Å². The smallest absolute Gasteiger partial charge is 0.308 e. The Morgan fingerprint density at radius 3 is 2.79 bits per heavy atom. The number of carbonyl (C=O) groups is 1. The molecular formula is C18H16BrFN6O3. The predicted octanol–water partition coefficient (Wildman–Crippen LogP) is 4.23. The second-order valence-electron chi connectivity index (χ2n) is 5.77. The Kier molecular flexibility index (Phi) is 6.52. The van der Waals surface area contributed by atoms with Crippen molar-refractivity contribution in [2.45, 2.75) is 13.3 Å². The van der Waals surface area contributed by atoms with Crippen molar-refractivity contribution in [3.8, 4) is 0 Å². The molecule has 0 radical (unpaired) electrons. The van der Waals surface area contributed by atoms with Crippen molar-refractivity contribution in [3.63, 3.8) is 0 Å². The topological polar surface area (TPSA) is 125 Å². The quantitative estimate of drug-likeness (QED) is 0.255. The summed E-state index contributed by atoms with van der Waals surface area (Å²) in [6.07, 6.45) is 0.829. The minimum atomic E-state index is -0.586. The Labute approximate surface area is 173 Å². The number of hydroxylamine groups is 1. The van der Waals surface area contributed by atoms with Crippen LogP contribution in [-0.2, 0) is 6.42 Å². The second kappa shape index (κ2) is 9.26. The van der Waals surface area contributed by atoms with Crippen LogP contribution in [0.1, 0.15) is 18.2 Å². The van der Waals surface area contributed by atoms with Crippen LogP contribution in [0.25, 0.3) is 0 Å². The lowest BCUT2D eigenvalue weighted by Gasteiger charge is -2.08. The maximum Gasteiger partial charge on any atom is 0.325 e. The number of aromatic nitrogens is 2. The maximum atomic E-state index is 13.4. The van der Waals surface area contributed by atoms with Crippen LogP contribution in [0.2, 0.25) is 0 Å². The average Bonchev–Trinajstić information content (AvgIpc) is 3.16. The number of aryl methyl sites for hydroxylation is 1. The summed E-state index contributed by atoms with van der Waals surface area (Å²) in [6.45, 7) is 2.01. The first kappa shape index (κ1) is 20.4. The van der Waals surface area contributed by atoms with Crippen molar-refractivity contribution in [3.05, 3.63) is 64.0 Å². The third kappa shape index (κ3) is 5.15. The fourth-order valence-corrected chi connectivity index (χ4v) is 2.75. The molecule has 0 unspecified atom stereocenters. The number of urea groups is 1. The molecule has 3 rings (SSSR count). The Bertz CT molecular complexity index is 1060. The van der Waals surface area contributed by atoms with Gasteiger partial charge in [0, 0.05) is 5.69 Å². The number of carbonyl (C=O) groups excluding carboxylic acids is 1. The van der Waals surface area contributed by atoms with Crippen LogP contribution >= 0.6 is 15.9 Å². The Morgan fingerprint density at radius 2 is 2.07 bits per heavy atom. The molecule has 0 aliphatic rings. The van der Waals surface area contributed by atoms with Crippen LogP contribution in [0.5, 0.6) is 0 Å². The summed E-state index contributed by atoms with van der Waals surface area (Å²) in [5.41, 5.74) is 3.80. The van der Waals surface area contributed by atoms with Gasteiger partial charge >= 0.3 is 6.03 Å². The summed E-state index contributed by atoms with van der Waals surface area (Å²) in [5.74, 6) is -0.694. The Hall–Kier alpha value is -3.31. The van der Waals surface area contributed by atoms with E-state index in [0.29, 0.717) is 11.4 Å². The highest BCUT2D eigenvalue weighted by molar-refractivity contribution is 9.10. The van der Waals surface area contributed by atoms with Gasteiger partial charge in [-0.3, -0.25) is 16.0 Å². The van der Waals surface area contributed by atoms with Gasteiger partial charge in [0.15, 0.2) is 11.5 Å². The molecule has 11 heteroatoms. The van der Waals surface area contributed by atoms with Crippen molar-refractivity contribution in [2.75, 3.05) is 10.6 Å². The van der Waals surface area contributed by atoms with Gasteiger partial charge in [-0.1, -0.05) is 19.1 Å². The number of halogens is 2. The van der Waals surface area contributed by atoms with Gasteiger partial charge in [0.05, 0.1) is 10.2 Å². The molecule has 0 aliphatic heterocycles. The van der Waals surface area contributed by atoms with Gasteiger partial charge in [0.1, 0.15) is 5.82 Å². The van der Waals surface area contributed by atoms with Crippen LogP contribution in [0.15, 0.2) is 56.6 Å². The molecule has 3 aromatic rings. The highest BCUT2D eigenvalue weighted by atomic mass is 79.9. The first-order valence-corrected chi connectivity index (χ1v) is 9.23. The van der Waals surface area contributed by atoms with Crippen molar-refractivity contribution < 1.29 is 19.0 Å². The molecule has 29 heavy (non-hydrogen) atoms.